The number of fused-ring (bicyclic) bond motifs is 2. The molecule has 3 aromatic carbocycles. The van der Waals surface area contributed by atoms with Gasteiger partial charge in [0, 0.05) is 15.5 Å². The lowest BCUT2D eigenvalue weighted by molar-refractivity contribution is -0.128. The van der Waals surface area contributed by atoms with Crippen LogP contribution in [-0.2, 0) is 22.6 Å². The number of nitrogens with zero attached hydrogens (tertiary/aromatic N) is 1. The number of carbonyl (C=O) groups excluding carboxylic acids is 2. The highest BCUT2D eigenvalue weighted by Crippen LogP contribution is 2.32. The minimum Gasteiger partial charge on any atom is -0.343 e. The highest BCUT2D eigenvalue weighted by atomic mass is 79.9. The lowest BCUT2D eigenvalue weighted by Crippen LogP contribution is -2.52. The number of nitrogens with one attached hydrogen (secondary N) is 2. The molecule has 2 N–H and O–H groups in total. The number of amides is 2. The summed E-state index contributed by atoms with van der Waals surface area (Å²) in [4.78, 5) is 28.0. The number of para-hydroxylation sites is 1. The molecular formula is C25H26BrN3O2. The van der Waals surface area contributed by atoms with Crippen molar-refractivity contribution >= 4 is 44.2 Å². The van der Waals surface area contributed by atoms with Crippen LogP contribution < -0.4 is 15.5 Å². The molecule has 31 heavy (non-hydrogen) atoms. The molecule has 0 saturated heterocycles. The van der Waals surface area contributed by atoms with Gasteiger partial charge < -0.3 is 15.5 Å². The number of carbonyl (C=O) groups is 2. The van der Waals surface area contributed by atoms with Gasteiger partial charge in [-0.2, -0.15) is 0 Å². The summed E-state index contributed by atoms with van der Waals surface area (Å²) < 4.78 is 1.00. The molecule has 0 radical (unpaired) electrons. The van der Waals surface area contributed by atoms with Gasteiger partial charge in [0.1, 0.15) is 6.04 Å². The van der Waals surface area contributed by atoms with E-state index in [-0.39, 0.29) is 17.9 Å². The quantitative estimate of drug-likeness (QED) is 0.576. The first-order chi connectivity index (χ1) is 15.0. The zero-order chi connectivity index (χ0) is 22.0. The highest BCUT2D eigenvalue weighted by molar-refractivity contribution is 9.10. The smallest absolute Gasteiger partial charge is 0.249 e. The van der Waals surface area contributed by atoms with Crippen LogP contribution in [0.4, 0.5) is 5.69 Å². The van der Waals surface area contributed by atoms with Crippen molar-refractivity contribution < 1.29 is 9.59 Å². The summed E-state index contributed by atoms with van der Waals surface area (Å²) in [7, 11) is 1.74. The molecule has 4 rings (SSSR count). The van der Waals surface area contributed by atoms with Crippen molar-refractivity contribution in [3.05, 3.63) is 76.3 Å². The lowest BCUT2D eigenvalue weighted by atomic mass is 10.0. The first-order valence-electron chi connectivity index (χ1n) is 10.5. The fourth-order valence-electron chi connectivity index (χ4n) is 4.11. The van der Waals surface area contributed by atoms with E-state index in [9.17, 15) is 9.59 Å². The molecule has 0 aromatic heterocycles. The van der Waals surface area contributed by atoms with Crippen LogP contribution in [-0.4, -0.2) is 30.9 Å². The van der Waals surface area contributed by atoms with E-state index in [2.05, 4.69) is 50.8 Å². The van der Waals surface area contributed by atoms with E-state index < -0.39 is 6.04 Å². The van der Waals surface area contributed by atoms with Gasteiger partial charge in [0.2, 0.25) is 11.8 Å². The van der Waals surface area contributed by atoms with Gasteiger partial charge in [0.25, 0.3) is 0 Å². The Morgan fingerprint density at radius 1 is 1.13 bits per heavy atom. The Morgan fingerprint density at radius 3 is 2.65 bits per heavy atom. The summed E-state index contributed by atoms with van der Waals surface area (Å²) in [5.41, 5.74) is 3.09. The van der Waals surface area contributed by atoms with Gasteiger partial charge in [0.05, 0.1) is 12.6 Å². The fraction of sp³-hybridized carbons (Fsp3) is 0.280. The van der Waals surface area contributed by atoms with E-state index in [4.69, 9.17) is 0 Å². The van der Waals surface area contributed by atoms with E-state index in [0.717, 1.165) is 38.5 Å². The summed E-state index contributed by atoms with van der Waals surface area (Å²) in [6, 6.07) is 19.4. The van der Waals surface area contributed by atoms with Crippen LogP contribution in [0.15, 0.2) is 65.1 Å². The van der Waals surface area contributed by atoms with E-state index in [0.29, 0.717) is 13.0 Å². The molecule has 0 unspecified atom stereocenters. The van der Waals surface area contributed by atoms with Crippen molar-refractivity contribution in [2.75, 3.05) is 11.9 Å². The SMILES string of the molecule is CN[C@@H](C)C(=O)N[C@H]1CCc2ccccc2N(Cc2cccc3cccc(Br)c23)C1=O. The normalized spacial score (nSPS) is 17.2. The standard InChI is InChI=1S/C25H26BrN3O2/c1-16(27-2)24(30)28-21-14-13-17-7-3-4-12-22(17)29(25(21)31)15-19-10-5-8-18-9-6-11-20(26)23(18)19/h3-12,16,21,27H,13-15H2,1-2H3,(H,28,30)/t16-,21-/m0/s1. The molecule has 0 fully saturated rings. The van der Waals surface area contributed by atoms with Gasteiger partial charge in [-0.15, -0.1) is 0 Å². The molecule has 160 valence electrons. The van der Waals surface area contributed by atoms with Gasteiger partial charge in [-0.1, -0.05) is 64.5 Å². The average molecular weight is 480 g/mol. The second-order valence-electron chi connectivity index (χ2n) is 7.92. The van der Waals surface area contributed by atoms with Crippen LogP contribution in [0.25, 0.3) is 10.8 Å². The van der Waals surface area contributed by atoms with E-state index >= 15 is 0 Å². The van der Waals surface area contributed by atoms with Gasteiger partial charge >= 0.3 is 0 Å². The maximum absolute atomic E-state index is 13.7. The largest absolute Gasteiger partial charge is 0.343 e. The zero-order valence-corrected chi connectivity index (χ0v) is 19.3. The topological polar surface area (TPSA) is 61.4 Å². The lowest BCUT2D eigenvalue weighted by Gasteiger charge is -2.27. The van der Waals surface area contributed by atoms with Gasteiger partial charge in [0.15, 0.2) is 0 Å². The fourth-order valence-corrected chi connectivity index (χ4v) is 4.75. The maximum atomic E-state index is 13.7. The van der Waals surface area contributed by atoms with Crippen molar-refractivity contribution in [3.8, 4) is 0 Å². The summed E-state index contributed by atoms with van der Waals surface area (Å²) in [6.45, 7) is 2.22. The third kappa shape index (κ3) is 4.36. The summed E-state index contributed by atoms with van der Waals surface area (Å²) in [6.07, 6.45) is 1.31. The first-order valence-corrected chi connectivity index (χ1v) is 11.3. The van der Waals surface area contributed by atoms with Crippen LogP contribution in [0.5, 0.6) is 0 Å². The third-order valence-electron chi connectivity index (χ3n) is 5.96. The van der Waals surface area contributed by atoms with Crippen molar-refractivity contribution in [2.45, 2.75) is 38.4 Å². The molecule has 1 aliphatic rings. The first kappa shape index (κ1) is 21.5. The highest BCUT2D eigenvalue weighted by Gasteiger charge is 2.32. The Labute approximate surface area is 190 Å². The Bertz CT molecular complexity index is 1130. The predicted molar refractivity (Wildman–Crippen MR) is 128 cm³/mol. The zero-order valence-electron chi connectivity index (χ0n) is 17.7. The van der Waals surface area contributed by atoms with Crippen molar-refractivity contribution in [1.29, 1.82) is 0 Å². The van der Waals surface area contributed by atoms with Gasteiger partial charge in [-0.3, -0.25) is 9.59 Å². The number of hydrogen-bond donors (Lipinski definition) is 2. The van der Waals surface area contributed by atoms with Crippen LogP contribution in [0, 0.1) is 0 Å². The molecule has 1 aliphatic heterocycles. The van der Waals surface area contributed by atoms with Crippen molar-refractivity contribution in [2.24, 2.45) is 0 Å². The number of benzene rings is 3. The molecule has 1 heterocycles. The van der Waals surface area contributed by atoms with Crippen LogP contribution in [0.2, 0.25) is 0 Å². The number of likely N-dealkylation sites (N-methyl/N-ethyl adjacent to an activating group) is 1. The molecule has 2 amide bonds. The predicted octanol–water partition coefficient (Wildman–Crippen LogP) is 4.17. The molecule has 0 saturated carbocycles. The molecule has 6 heteroatoms. The Hall–Kier alpha value is -2.70. The molecule has 0 bridgehead atoms. The average Bonchev–Trinajstić information content (AvgIpc) is 2.91. The Morgan fingerprint density at radius 2 is 1.87 bits per heavy atom. The third-order valence-corrected chi connectivity index (χ3v) is 6.62. The molecule has 0 aliphatic carbocycles. The molecule has 5 nitrogen and oxygen atoms in total. The van der Waals surface area contributed by atoms with E-state index in [1.165, 1.54) is 0 Å². The van der Waals surface area contributed by atoms with E-state index in [1.54, 1.807) is 14.0 Å². The van der Waals surface area contributed by atoms with Gasteiger partial charge in [-0.05, 0) is 55.5 Å². The van der Waals surface area contributed by atoms with Crippen molar-refractivity contribution in [3.63, 3.8) is 0 Å². The maximum Gasteiger partial charge on any atom is 0.249 e. The van der Waals surface area contributed by atoms with Crippen LogP contribution >= 0.6 is 15.9 Å². The summed E-state index contributed by atoms with van der Waals surface area (Å²) in [5.74, 6) is -0.245. The van der Waals surface area contributed by atoms with Gasteiger partial charge in [-0.25, -0.2) is 0 Å². The van der Waals surface area contributed by atoms with Crippen molar-refractivity contribution in [1.82, 2.24) is 10.6 Å². The monoisotopic (exact) mass is 479 g/mol. The second kappa shape index (κ2) is 9.20. The van der Waals surface area contributed by atoms with E-state index in [1.807, 2.05) is 41.3 Å². The van der Waals surface area contributed by atoms with Crippen LogP contribution in [0.3, 0.4) is 0 Å². The van der Waals surface area contributed by atoms with Crippen LogP contribution in [0.1, 0.15) is 24.5 Å². The second-order valence-corrected chi connectivity index (χ2v) is 8.77. The summed E-state index contributed by atoms with van der Waals surface area (Å²) in [5, 5.41) is 8.12. The number of halogens is 1. The summed E-state index contributed by atoms with van der Waals surface area (Å²) >= 11 is 3.68. The Kier molecular flexibility index (Phi) is 6.39. The molecule has 3 aromatic rings. The Balaban J connectivity index is 1.73. The minimum absolute atomic E-state index is 0.0781. The molecular weight excluding hydrogens is 454 g/mol. The minimum atomic E-state index is -0.561. The number of aryl methyl sites for hydroxylation is 1. The molecule has 0 spiro atoms. The number of anilines is 1. The molecule has 2 atom stereocenters. The number of hydrogen-bond acceptors (Lipinski definition) is 3. The number of rotatable bonds is 5.